The molecule has 0 aliphatic carbocycles. The first-order valence-electron chi connectivity index (χ1n) is 10.8. The molecule has 3 aromatic carbocycles. The second-order valence-corrected chi connectivity index (χ2v) is 7.94. The van der Waals surface area contributed by atoms with Gasteiger partial charge in [-0.25, -0.2) is 40.7 Å². The van der Waals surface area contributed by atoms with Crippen LogP contribution in [0.4, 0.5) is 30.7 Å². The second kappa shape index (κ2) is 10.3. The summed E-state index contributed by atoms with van der Waals surface area (Å²) >= 11 is 0. The Hall–Kier alpha value is -4.01. The van der Waals surface area contributed by atoms with Crippen molar-refractivity contribution in [1.29, 1.82) is 0 Å². The zero-order valence-electron chi connectivity index (χ0n) is 18.7. The maximum absolute atomic E-state index is 14.8. The van der Waals surface area contributed by atoms with Crippen LogP contribution >= 0.6 is 0 Å². The highest BCUT2D eigenvalue weighted by molar-refractivity contribution is 5.84. The molecule has 2 nitrogen and oxygen atoms in total. The number of halogens is 7. The molecule has 0 amide bonds. The fraction of sp³-hybridized carbons (Fsp3) is 0.111. The van der Waals surface area contributed by atoms with Crippen molar-refractivity contribution in [3.8, 4) is 22.5 Å². The minimum Gasteiger partial charge on any atom is -0.236 e. The summed E-state index contributed by atoms with van der Waals surface area (Å²) in [6.07, 6.45) is 5.05. The molecule has 0 saturated carbocycles. The Morgan fingerprint density at radius 2 is 1.31 bits per heavy atom. The average molecular weight is 502 g/mol. The lowest BCUT2D eigenvalue weighted by Gasteiger charge is -2.09. The monoisotopic (exact) mass is 502 g/mol. The van der Waals surface area contributed by atoms with Gasteiger partial charge in [-0.3, -0.25) is 0 Å². The first-order valence-corrected chi connectivity index (χ1v) is 10.8. The van der Waals surface area contributed by atoms with Crippen LogP contribution in [0.2, 0.25) is 0 Å². The molecule has 0 bridgehead atoms. The van der Waals surface area contributed by atoms with Crippen molar-refractivity contribution in [3.63, 3.8) is 0 Å². The molecular formula is C27H17F7N2. The van der Waals surface area contributed by atoms with E-state index in [1.165, 1.54) is 18.2 Å². The average Bonchev–Trinajstić information content (AvgIpc) is 2.86. The molecule has 0 saturated heterocycles. The van der Waals surface area contributed by atoms with E-state index in [1.807, 2.05) is 6.92 Å². The Kier molecular flexibility index (Phi) is 7.19. The summed E-state index contributed by atoms with van der Waals surface area (Å²) in [5, 5.41) is 0. The molecule has 184 valence electrons. The lowest BCUT2D eigenvalue weighted by Crippen LogP contribution is -1.96. The van der Waals surface area contributed by atoms with E-state index in [9.17, 15) is 30.7 Å². The van der Waals surface area contributed by atoms with Crippen LogP contribution in [-0.2, 0) is 6.42 Å². The number of hydrogen-bond donors (Lipinski definition) is 0. The van der Waals surface area contributed by atoms with Crippen molar-refractivity contribution in [2.24, 2.45) is 0 Å². The molecule has 1 aromatic heterocycles. The quantitative estimate of drug-likeness (QED) is 0.151. The van der Waals surface area contributed by atoms with Crippen molar-refractivity contribution >= 4 is 11.7 Å². The van der Waals surface area contributed by atoms with Gasteiger partial charge < -0.3 is 0 Å². The van der Waals surface area contributed by atoms with Crippen LogP contribution in [0, 0.1) is 29.1 Å². The second-order valence-electron chi connectivity index (χ2n) is 7.94. The van der Waals surface area contributed by atoms with Gasteiger partial charge in [0.25, 0.3) is 0 Å². The molecule has 0 N–H and O–H groups in total. The number of aromatic nitrogens is 2. The van der Waals surface area contributed by atoms with E-state index in [0.29, 0.717) is 11.4 Å². The van der Waals surface area contributed by atoms with Crippen LogP contribution in [0.5, 0.6) is 0 Å². The SMILES string of the molecule is CCCc1cnc(-c2ccc(-c3ccc(C(F)=C(F)c4cc(F)c(F)c(F)c4)c(F)c3)c(F)c2)nc1. The minimum absolute atomic E-state index is 0.0145. The molecule has 9 heteroatoms. The summed E-state index contributed by atoms with van der Waals surface area (Å²) in [5.74, 6) is -10.5. The molecular weight excluding hydrogens is 485 g/mol. The van der Waals surface area contributed by atoms with Gasteiger partial charge in [0.05, 0.1) is 0 Å². The maximum atomic E-state index is 14.8. The number of hydrogen-bond acceptors (Lipinski definition) is 2. The highest BCUT2D eigenvalue weighted by atomic mass is 19.2. The zero-order chi connectivity index (χ0) is 26.0. The highest BCUT2D eigenvalue weighted by Crippen LogP contribution is 2.34. The zero-order valence-corrected chi connectivity index (χ0v) is 18.7. The predicted molar refractivity (Wildman–Crippen MR) is 122 cm³/mol. The normalized spacial score (nSPS) is 12.0. The third kappa shape index (κ3) is 5.00. The molecule has 36 heavy (non-hydrogen) atoms. The first kappa shape index (κ1) is 25.1. The number of aryl methyl sites for hydroxylation is 1. The minimum atomic E-state index is -1.85. The predicted octanol–water partition coefficient (Wildman–Crippen LogP) is 8.22. The van der Waals surface area contributed by atoms with E-state index < -0.39 is 51.9 Å². The fourth-order valence-electron chi connectivity index (χ4n) is 3.60. The smallest absolute Gasteiger partial charge is 0.194 e. The van der Waals surface area contributed by atoms with Crippen LogP contribution in [-0.4, -0.2) is 9.97 Å². The van der Waals surface area contributed by atoms with Gasteiger partial charge in [0.1, 0.15) is 11.6 Å². The summed E-state index contributed by atoms with van der Waals surface area (Å²) in [5.41, 5.74) is -0.448. The van der Waals surface area contributed by atoms with Gasteiger partial charge in [-0.1, -0.05) is 31.5 Å². The number of rotatable bonds is 6. The van der Waals surface area contributed by atoms with Crippen molar-refractivity contribution in [1.82, 2.24) is 9.97 Å². The fourth-order valence-corrected chi connectivity index (χ4v) is 3.60. The molecule has 0 aliphatic heterocycles. The molecule has 0 radical (unpaired) electrons. The molecule has 0 unspecified atom stereocenters. The summed E-state index contributed by atoms with van der Waals surface area (Å²) in [6, 6.07) is 7.39. The molecule has 0 atom stereocenters. The summed E-state index contributed by atoms with van der Waals surface area (Å²) < 4.78 is 98.4. The van der Waals surface area contributed by atoms with Gasteiger partial charge in [-0.05, 0) is 47.9 Å². The Balaban J connectivity index is 1.64. The van der Waals surface area contributed by atoms with Gasteiger partial charge in [0.2, 0.25) is 0 Å². The Labute approximate surface area is 201 Å². The van der Waals surface area contributed by atoms with Crippen LogP contribution in [0.1, 0.15) is 30.0 Å². The molecule has 0 spiro atoms. The van der Waals surface area contributed by atoms with Crippen LogP contribution < -0.4 is 0 Å². The van der Waals surface area contributed by atoms with E-state index in [4.69, 9.17) is 0 Å². The summed E-state index contributed by atoms with van der Waals surface area (Å²) in [6.45, 7) is 2.02. The first-order chi connectivity index (χ1) is 17.2. The van der Waals surface area contributed by atoms with Crippen molar-refractivity contribution in [3.05, 3.63) is 107 Å². The van der Waals surface area contributed by atoms with Gasteiger partial charge in [-0.15, -0.1) is 0 Å². The van der Waals surface area contributed by atoms with E-state index >= 15 is 0 Å². The van der Waals surface area contributed by atoms with Gasteiger partial charge in [0.15, 0.2) is 34.9 Å². The third-order valence-electron chi connectivity index (χ3n) is 5.42. The maximum Gasteiger partial charge on any atom is 0.194 e. The molecule has 1 heterocycles. The lowest BCUT2D eigenvalue weighted by molar-refractivity contribution is 0.446. The Morgan fingerprint density at radius 3 is 1.89 bits per heavy atom. The van der Waals surface area contributed by atoms with Gasteiger partial charge >= 0.3 is 0 Å². The largest absolute Gasteiger partial charge is 0.236 e. The summed E-state index contributed by atoms with van der Waals surface area (Å²) in [7, 11) is 0. The van der Waals surface area contributed by atoms with E-state index in [-0.39, 0.29) is 23.3 Å². The van der Waals surface area contributed by atoms with Crippen LogP contribution in [0.3, 0.4) is 0 Å². The van der Waals surface area contributed by atoms with E-state index in [0.717, 1.165) is 36.6 Å². The molecule has 0 fully saturated rings. The standard InChI is InChI=1S/C27H17F7N2/c1-2-3-14-12-35-27(36-13-14)16-5-6-18(20(28)9-16)15-4-7-19(21(29)8-15)25(33)24(32)17-10-22(30)26(34)23(31)11-17/h4-13H,2-3H2,1H3. The molecule has 0 aliphatic rings. The van der Waals surface area contributed by atoms with Crippen LogP contribution in [0.15, 0.2) is 60.9 Å². The van der Waals surface area contributed by atoms with Gasteiger partial charge in [-0.2, -0.15) is 0 Å². The Bertz CT molecular complexity index is 1440. The number of benzene rings is 3. The molecule has 4 rings (SSSR count). The van der Waals surface area contributed by atoms with E-state index in [2.05, 4.69) is 9.97 Å². The summed E-state index contributed by atoms with van der Waals surface area (Å²) in [4.78, 5) is 8.45. The van der Waals surface area contributed by atoms with Crippen molar-refractivity contribution in [2.45, 2.75) is 19.8 Å². The highest BCUT2D eigenvalue weighted by Gasteiger charge is 2.20. The number of nitrogens with zero attached hydrogens (tertiary/aromatic N) is 2. The van der Waals surface area contributed by atoms with E-state index in [1.54, 1.807) is 12.4 Å². The van der Waals surface area contributed by atoms with Crippen molar-refractivity contribution in [2.75, 3.05) is 0 Å². The third-order valence-corrected chi connectivity index (χ3v) is 5.42. The topological polar surface area (TPSA) is 25.8 Å². The molecule has 4 aromatic rings. The van der Waals surface area contributed by atoms with Crippen molar-refractivity contribution < 1.29 is 30.7 Å². The Morgan fingerprint density at radius 1 is 0.694 bits per heavy atom. The van der Waals surface area contributed by atoms with Gasteiger partial charge in [0, 0.05) is 34.6 Å². The lowest BCUT2D eigenvalue weighted by atomic mass is 10.00. The van der Waals surface area contributed by atoms with Crippen LogP contribution in [0.25, 0.3) is 34.2 Å².